The van der Waals surface area contributed by atoms with E-state index in [0.717, 1.165) is 47.7 Å². The first-order valence-electron chi connectivity index (χ1n) is 10.1. The third-order valence-corrected chi connectivity index (χ3v) is 6.69. The minimum Gasteiger partial charge on any atom is -0.340 e. The van der Waals surface area contributed by atoms with Crippen LogP contribution in [0.1, 0.15) is 23.8 Å². The average Bonchev–Trinajstić information content (AvgIpc) is 3.43. The summed E-state index contributed by atoms with van der Waals surface area (Å²) in [6.45, 7) is 1.97. The van der Waals surface area contributed by atoms with Gasteiger partial charge in [0.25, 0.3) is 0 Å². The van der Waals surface area contributed by atoms with Gasteiger partial charge in [0.1, 0.15) is 6.54 Å². The molecular weight excluding hydrogens is 378 g/mol. The minimum atomic E-state index is 0.185. The molecule has 0 bridgehead atoms. The van der Waals surface area contributed by atoms with Crippen molar-refractivity contribution in [2.24, 2.45) is 0 Å². The Kier molecular flexibility index (Phi) is 4.90. The van der Waals surface area contributed by atoms with Gasteiger partial charge in [0.2, 0.25) is 5.91 Å². The van der Waals surface area contributed by atoms with E-state index < -0.39 is 0 Å². The van der Waals surface area contributed by atoms with Gasteiger partial charge in [0.15, 0.2) is 0 Å². The summed E-state index contributed by atoms with van der Waals surface area (Å²) in [5, 5.41) is 4.34. The second-order valence-corrected chi connectivity index (χ2v) is 8.52. The first kappa shape index (κ1) is 18.1. The highest BCUT2D eigenvalue weighted by molar-refractivity contribution is 7.09. The van der Waals surface area contributed by atoms with Crippen LogP contribution in [0.25, 0.3) is 22.2 Å². The summed E-state index contributed by atoms with van der Waals surface area (Å²) in [5.41, 5.74) is 3.33. The van der Waals surface area contributed by atoms with Gasteiger partial charge in [-0.25, -0.2) is 4.98 Å². The number of hydrogen-bond acceptors (Lipinski definition) is 3. The molecule has 4 nitrogen and oxygen atoms in total. The standard InChI is InChI=1S/C24H23N3OS/c28-23(26-13-6-10-20(16-26)24-25-12-14-29-24)17-27-21-11-5-4-9-19(21)15-22(27)18-7-2-1-3-8-18/h1-5,7-9,11-12,14-15,20H,6,10,13,16-17H2. The van der Waals surface area contributed by atoms with Gasteiger partial charge in [-0.05, 0) is 30.5 Å². The van der Waals surface area contributed by atoms with Crippen molar-refractivity contribution in [3.63, 3.8) is 0 Å². The topological polar surface area (TPSA) is 38.1 Å². The van der Waals surface area contributed by atoms with Crippen molar-refractivity contribution < 1.29 is 4.79 Å². The van der Waals surface area contributed by atoms with Crippen LogP contribution >= 0.6 is 11.3 Å². The number of rotatable bonds is 4. The molecule has 0 radical (unpaired) electrons. The molecule has 1 aliphatic heterocycles. The molecule has 1 amide bonds. The molecule has 0 saturated carbocycles. The fourth-order valence-corrected chi connectivity index (χ4v) is 5.07. The van der Waals surface area contributed by atoms with E-state index in [9.17, 15) is 4.79 Å². The summed E-state index contributed by atoms with van der Waals surface area (Å²) < 4.78 is 2.17. The quantitative estimate of drug-likeness (QED) is 0.473. The number of carbonyl (C=O) groups excluding carboxylic acids is 1. The molecular formula is C24H23N3OS. The molecule has 1 atom stereocenters. The monoisotopic (exact) mass is 401 g/mol. The highest BCUT2D eigenvalue weighted by atomic mass is 32.1. The van der Waals surface area contributed by atoms with Crippen molar-refractivity contribution in [2.45, 2.75) is 25.3 Å². The fourth-order valence-electron chi connectivity index (χ4n) is 4.31. The zero-order valence-electron chi connectivity index (χ0n) is 16.2. The second kappa shape index (κ2) is 7.84. The fraction of sp³-hybridized carbons (Fsp3) is 0.250. The molecule has 2 aromatic carbocycles. The van der Waals surface area contributed by atoms with Gasteiger partial charge >= 0.3 is 0 Å². The zero-order valence-corrected chi connectivity index (χ0v) is 17.0. The van der Waals surface area contributed by atoms with Crippen molar-refractivity contribution in [3.05, 3.63) is 77.2 Å². The molecule has 0 aliphatic carbocycles. The van der Waals surface area contributed by atoms with E-state index in [0.29, 0.717) is 12.5 Å². The van der Waals surface area contributed by atoms with Gasteiger partial charge in [0, 0.05) is 47.2 Å². The number of fused-ring (bicyclic) bond motifs is 1. The lowest BCUT2D eigenvalue weighted by Crippen LogP contribution is -2.40. The number of carbonyl (C=O) groups is 1. The van der Waals surface area contributed by atoms with E-state index in [1.807, 2.05) is 46.8 Å². The number of piperidine rings is 1. The molecule has 1 unspecified atom stereocenters. The summed E-state index contributed by atoms with van der Waals surface area (Å²) in [4.78, 5) is 19.8. The van der Waals surface area contributed by atoms with Gasteiger partial charge < -0.3 is 9.47 Å². The molecule has 5 rings (SSSR count). The summed E-state index contributed by atoms with van der Waals surface area (Å²) in [6.07, 6.45) is 4.01. The van der Waals surface area contributed by atoms with Crippen molar-refractivity contribution >= 4 is 28.1 Å². The molecule has 1 fully saturated rings. The number of amides is 1. The maximum Gasteiger partial charge on any atom is 0.242 e. The molecule has 5 heteroatoms. The largest absolute Gasteiger partial charge is 0.340 e. The second-order valence-electron chi connectivity index (χ2n) is 7.59. The predicted molar refractivity (Wildman–Crippen MR) is 118 cm³/mol. The van der Waals surface area contributed by atoms with E-state index in [4.69, 9.17) is 0 Å². The lowest BCUT2D eigenvalue weighted by molar-refractivity contribution is -0.132. The molecule has 1 saturated heterocycles. The normalized spacial score (nSPS) is 17.0. The smallest absolute Gasteiger partial charge is 0.242 e. The van der Waals surface area contributed by atoms with Crippen LogP contribution in [0, 0.1) is 0 Å². The van der Waals surface area contributed by atoms with Gasteiger partial charge in [0.05, 0.1) is 5.01 Å². The Balaban J connectivity index is 1.44. The average molecular weight is 402 g/mol. The highest BCUT2D eigenvalue weighted by Crippen LogP contribution is 2.30. The lowest BCUT2D eigenvalue weighted by atomic mass is 9.98. The van der Waals surface area contributed by atoms with Crippen LogP contribution in [0.5, 0.6) is 0 Å². The number of aromatic nitrogens is 2. The molecule has 1 aliphatic rings. The van der Waals surface area contributed by atoms with E-state index in [1.165, 1.54) is 5.39 Å². The Morgan fingerprint density at radius 1 is 1.10 bits per heavy atom. The summed E-state index contributed by atoms with van der Waals surface area (Å²) in [7, 11) is 0. The van der Waals surface area contributed by atoms with Crippen molar-refractivity contribution in [2.75, 3.05) is 13.1 Å². The predicted octanol–water partition coefficient (Wildman–Crippen LogP) is 5.17. The summed E-state index contributed by atoms with van der Waals surface area (Å²) in [5.74, 6) is 0.549. The van der Waals surface area contributed by atoms with Crippen LogP contribution in [0.15, 0.2) is 72.2 Å². The molecule has 0 N–H and O–H groups in total. The highest BCUT2D eigenvalue weighted by Gasteiger charge is 2.27. The van der Waals surface area contributed by atoms with E-state index >= 15 is 0 Å². The first-order chi connectivity index (χ1) is 14.3. The molecule has 3 heterocycles. The minimum absolute atomic E-state index is 0.185. The Morgan fingerprint density at radius 2 is 1.93 bits per heavy atom. The zero-order chi connectivity index (χ0) is 19.6. The number of hydrogen-bond donors (Lipinski definition) is 0. The number of para-hydroxylation sites is 1. The van der Waals surface area contributed by atoms with Crippen molar-refractivity contribution in [1.29, 1.82) is 0 Å². The van der Waals surface area contributed by atoms with Gasteiger partial charge in [-0.3, -0.25) is 4.79 Å². The molecule has 146 valence electrons. The molecule has 2 aromatic heterocycles. The van der Waals surface area contributed by atoms with E-state index in [1.54, 1.807) is 11.3 Å². The summed E-state index contributed by atoms with van der Waals surface area (Å²) in [6, 6.07) is 20.8. The Labute approximate surface area is 174 Å². The van der Waals surface area contributed by atoms with Crippen molar-refractivity contribution in [1.82, 2.24) is 14.5 Å². The molecule has 29 heavy (non-hydrogen) atoms. The first-order valence-corrected chi connectivity index (χ1v) is 11.0. The van der Waals surface area contributed by atoms with Crippen LogP contribution in [-0.2, 0) is 11.3 Å². The summed E-state index contributed by atoms with van der Waals surface area (Å²) >= 11 is 1.70. The molecule has 0 spiro atoms. The Morgan fingerprint density at radius 3 is 2.76 bits per heavy atom. The van der Waals surface area contributed by atoms with Crippen LogP contribution < -0.4 is 0 Å². The number of nitrogens with zero attached hydrogens (tertiary/aromatic N) is 3. The third-order valence-electron chi connectivity index (χ3n) is 5.75. The van der Waals surface area contributed by atoms with Crippen LogP contribution in [-0.4, -0.2) is 33.4 Å². The van der Waals surface area contributed by atoms with Crippen LogP contribution in [0.3, 0.4) is 0 Å². The SMILES string of the molecule is O=C(Cn1c(-c2ccccc2)cc2ccccc21)N1CCCC(c2nccs2)C1. The van der Waals surface area contributed by atoms with Gasteiger partial charge in [-0.2, -0.15) is 0 Å². The maximum absolute atomic E-state index is 13.3. The van der Waals surface area contributed by atoms with Crippen molar-refractivity contribution in [3.8, 4) is 11.3 Å². The number of benzene rings is 2. The number of thiazole rings is 1. The number of likely N-dealkylation sites (tertiary alicyclic amines) is 1. The van der Waals surface area contributed by atoms with Crippen LogP contribution in [0.2, 0.25) is 0 Å². The van der Waals surface area contributed by atoms with E-state index in [2.05, 4.69) is 39.9 Å². The third kappa shape index (κ3) is 3.58. The Hall–Kier alpha value is -2.92. The van der Waals surface area contributed by atoms with Gasteiger partial charge in [-0.15, -0.1) is 11.3 Å². The van der Waals surface area contributed by atoms with E-state index in [-0.39, 0.29) is 5.91 Å². The van der Waals surface area contributed by atoms with Crippen LogP contribution in [0.4, 0.5) is 0 Å². The Bertz CT molecular complexity index is 1120. The van der Waals surface area contributed by atoms with Gasteiger partial charge in [-0.1, -0.05) is 48.5 Å². The maximum atomic E-state index is 13.3. The lowest BCUT2D eigenvalue weighted by Gasteiger charge is -2.32. The molecule has 4 aromatic rings.